The van der Waals surface area contributed by atoms with Crippen molar-refractivity contribution in [2.24, 2.45) is 5.18 Å². The third kappa shape index (κ3) is 10.5. The van der Waals surface area contributed by atoms with E-state index < -0.39 is 0 Å². The Balaban J connectivity index is -0.00000176. The molecule has 5 nitrogen and oxygen atoms in total. The molecule has 0 aliphatic heterocycles. The molecule has 0 aliphatic carbocycles. The quantitative estimate of drug-likeness (QED) is 0.446. The highest BCUT2D eigenvalue weighted by Gasteiger charge is 2.09. The lowest BCUT2D eigenvalue weighted by molar-refractivity contribution is 0.223. The van der Waals surface area contributed by atoms with Gasteiger partial charge in [0.1, 0.15) is 5.69 Å². The summed E-state index contributed by atoms with van der Waals surface area (Å²) in [6.45, 7) is 17.4. The van der Waals surface area contributed by atoms with Gasteiger partial charge in [-0.15, -0.1) is 42.1 Å². The Morgan fingerprint density at radius 1 is 0.692 bits per heavy atom. The molecule has 0 unspecified atom stereocenters. The molecule has 154 valence electrons. The van der Waals surface area contributed by atoms with Gasteiger partial charge >= 0.3 is 0 Å². The van der Waals surface area contributed by atoms with E-state index in [0.29, 0.717) is 5.69 Å². The third-order valence-electron chi connectivity index (χ3n) is 4.46. The maximum atomic E-state index is 10.5. The van der Waals surface area contributed by atoms with Crippen LogP contribution in [0.4, 0.5) is 11.4 Å². The van der Waals surface area contributed by atoms with Gasteiger partial charge in [-0.25, -0.2) is 0 Å². The van der Waals surface area contributed by atoms with Crippen LogP contribution in [0.15, 0.2) is 29.4 Å². The van der Waals surface area contributed by atoms with Crippen molar-refractivity contribution in [1.82, 2.24) is 9.80 Å². The smallest absolute Gasteiger partial charge is 0.108 e. The fourth-order valence-electron chi connectivity index (χ4n) is 2.71. The fraction of sp³-hybridized carbons (Fsp3) is 0.667. The molecule has 0 heterocycles. The van der Waals surface area contributed by atoms with Gasteiger partial charge in [-0.3, -0.25) is 0 Å². The number of likely N-dealkylation sites (N-methyl/N-ethyl adjacent to an activating group) is 3. The Hall–Kier alpha value is -0.590. The molecule has 1 aromatic rings. The molecule has 0 amide bonds. The van der Waals surface area contributed by atoms with Crippen molar-refractivity contribution >= 4 is 48.6 Å². The SMILES string of the molecule is CCN(CC)CCN(CC)CCN(CC)c1ccc(N=O)cc1.Cl.Cl.Cl. The minimum Gasteiger partial charge on any atom is -0.371 e. The van der Waals surface area contributed by atoms with E-state index in [-0.39, 0.29) is 37.2 Å². The number of hydrogen-bond donors (Lipinski definition) is 0. The van der Waals surface area contributed by atoms with Crippen molar-refractivity contribution in [3.8, 4) is 0 Å². The summed E-state index contributed by atoms with van der Waals surface area (Å²) in [5.41, 5.74) is 1.64. The minimum absolute atomic E-state index is 0. The molecule has 0 atom stereocenters. The number of nitroso groups, excluding NO2 is 1. The predicted octanol–water partition coefficient (Wildman–Crippen LogP) is 4.84. The van der Waals surface area contributed by atoms with E-state index in [1.165, 1.54) is 0 Å². The number of anilines is 1. The fourth-order valence-corrected chi connectivity index (χ4v) is 2.71. The summed E-state index contributed by atoms with van der Waals surface area (Å²) in [4.78, 5) is 17.8. The first-order valence-corrected chi connectivity index (χ1v) is 8.81. The highest BCUT2D eigenvalue weighted by molar-refractivity contribution is 5.86. The molecule has 0 aliphatic rings. The van der Waals surface area contributed by atoms with E-state index in [1.807, 2.05) is 12.1 Å². The van der Waals surface area contributed by atoms with Crippen LogP contribution in [-0.4, -0.2) is 62.2 Å². The number of hydrogen-bond acceptors (Lipinski definition) is 5. The van der Waals surface area contributed by atoms with Crippen LogP contribution in [0.25, 0.3) is 0 Å². The maximum absolute atomic E-state index is 10.5. The molecule has 0 bridgehead atoms. The van der Waals surface area contributed by atoms with E-state index in [4.69, 9.17) is 0 Å². The van der Waals surface area contributed by atoms with Gasteiger partial charge in [0.2, 0.25) is 0 Å². The highest BCUT2D eigenvalue weighted by atomic mass is 35.5. The number of halogens is 3. The molecule has 0 fully saturated rings. The standard InChI is InChI=1S/C18H32N4O.3ClH/c1-5-20(6-2)13-14-21(7-3)15-16-22(8-4)18-11-9-17(19-23)10-12-18;;;/h9-12H,5-8,13-16H2,1-4H3;3*1H. The molecule has 8 heteroatoms. The van der Waals surface area contributed by atoms with E-state index in [2.05, 4.69) is 47.6 Å². The summed E-state index contributed by atoms with van der Waals surface area (Å²) in [6.07, 6.45) is 0. The van der Waals surface area contributed by atoms with Crippen LogP contribution >= 0.6 is 37.2 Å². The molecular weight excluding hydrogens is 395 g/mol. The molecule has 0 saturated carbocycles. The van der Waals surface area contributed by atoms with Gasteiger partial charge < -0.3 is 14.7 Å². The van der Waals surface area contributed by atoms with Crippen LogP contribution in [0.2, 0.25) is 0 Å². The number of nitrogens with zero attached hydrogens (tertiary/aromatic N) is 4. The second kappa shape index (κ2) is 17.8. The molecule has 1 rings (SSSR count). The lowest BCUT2D eigenvalue weighted by Crippen LogP contribution is -2.39. The average Bonchev–Trinajstić information content (AvgIpc) is 2.61. The molecule has 1 aromatic carbocycles. The van der Waals surface area contributed by atoms with Gasteiger partial charge in [0.15, 0.2) is 0 Å². The molecule has 0 radical (unpaired) electrons. The van der Waals surface area contributed by atoms with Gasteiger partial charge in [-0.05, 0) is 56.0 Å². The van der Waals surface area contributed by atoms with Crippen molar-refractivity contribution in [3.05, 3.63) is 29.2 Å². The number of benzene rings is 1. The monoisotopic (exact) mass is 428 g/mol. The van der Waals surface area contributed by atoms with Crippen molar-refractivity contribution in [1.29, 1.82) is 0 Å². The van der Waals surface area contributed by atoms with Gasteiger partial charge in [-0.1, -0.05) is 20.8 Å². The van der Waals surface area contributed by atoms with Crippen LogP contribution < -0.4 is 4.90 Å². The van der Waals surface area contributed by atoms with E-state index in [1.54, 1.807) is 12.1 Å². The molecule has 0 N–H and O–H groups in total. The van der Waals surface area contributed by atoms with Gasteiger partial charge in [0, 0.05) is 38.4 Å². The van der Waals surface area contributed by atoms with E-state index >= 15 is 0 Å². The van der Waals surface area contributed by atoms with Crippen LogP contribution in [0.3, 0.4) is 0 Å². The minimum atomic E-state index is 0. The van der Waals surface area contributed by atoms with E-state index in [9.17, 15) is 4.91 Å². The second-order valence-corrected chi connectivity index (χ2v) is 5.65. The highest BCUT2D eigenvalue weighted by Crippen LogP contribution is 2.19. The zero-order valence-corrected chi connectivity index (χ0v) is 18.8. The maximum Gasteiger partial charge on any atom is 0.108 e. The van der Waals surface area contributed by atoms with Crippen molar-refractivity contribution in [2.75, 3.05) is 57.3 Å². The second-order valence-electron chi connectivity index (χ2n) is 5.65. The summed E-state index contributed by atoms with van der Waals surface area (Å²) in [6, 6.07) is 7.52. The molecule has 0 aromatic heterocycles. The largest absolute Gasteiger partial charge is 0.371 e. The van der Waals surface area contributed by atoms with Crippen LogP contribution in [0.5, 0.6) is 0 Å². The first-order chi connectivity index (χ1) is 11.2. The normalized spacial score (nSPS) is 9.92. The molecule has 0 saturated heterocycles. The summed E-state index contributed by atoms with van der Waals surface area (Å²) in [7, 11) is 0. The van der Waals surface area contributed by atoms with Crippen LogP contribution in [0.1, 0.15) is 27.7 Å². The zero-order chi connectivity index (χ0) is 17.1. The lowest BCUT2D eigenvalue weighted by atomic mass is 10.2. The van der Waals surface area contributed by atoms with Crippen molar-refractivity contribution < 1.29 is 0 Å². The predicted molar refractivity (Wildman–Crippen MR) is 121 cm³/mol. The summed E-state index contributed by atoms with van der Waals surface area (Å²) in [5.74, 6) is 0. The van der Waals surface area contributed by atoms with Crippen LogP contribution in [0, 0.1) is 4.91 Å². The summed E-state index contributed by atoms with van der Waals surface area (Å²) < 4.78 is 0. The Morgan fingerprint density at radius 3 is 1.58 bits per heavy atom. The van der Waals surface area contributed by atoms with Crippen molar-refractivity contribution in [3.63, 3.8) is 0 Å². The van der Waals surface area contributed by atoms with Gasteiger partial charge in [-0.2, -0.15) is 0 Å². The van der Waals surface area contributed by atoms with Crippen LogP contribution in [-0.2, 0) is 0 Å². The Morgan fingerprint density at radius 2 is 1.15 bits per heavy atom. The zero-order valence-electron chi connectivity index (χ0n) is 16.4. The lowest BCUT2D eigenvalue weighted by Gasteiger charge is -2.29. The Labute approximate surface area is 177 Å². The molecule has 26 heavy (non-hydrogen) atoms. The summed E-state index contributed by atoms with van der Waals surface area (Å²) >= 11 is 0. The Kier molecular flexibility index (Phi) is 20.6. The summed E-state index contributed by atoms with van der Waals surface area (Å²) in [5, 5.41) is 2.96. The van der Waals surface area contributed by atoms with Gasteiger partial charge in [0.05, 0.1) is 0 Å². The first kappa shape index (κ1) is 30.1. The molecule has 0 spiro atoms. The average molecular weight is 430 g/mol. The first-order valence-electron chi connectivity index (χ1n) is 8.81. The van der Waals surface area contributed by atoms with Crippen molar-refractivity contribution in [2.45, 2.75) is 27.7 Å². The third-order valence-corrected chi connectivity index (χ3v) is 4.46. The Bertz CT molecular complexity index is 445. The van der Waals surface area contributed by atoms with E-state index in [0.717, 1.165) is 58.0 Å². The topological polar surface area (TPSA) is 39.1 Å². The molecular formula is C18H35Cl3N4O. The number of rotatable bonds is 12. The van der Waals surface area contributed by atoms with Gasteiger partial charge in [0.25, 0.3) is 0 Å².